The third kappa shape index (κ3) is 4.53. The van der Waals surface area contributed by atoms with Crippen molar-refractivity contribution < 1.29 is 18.3 Å². The van der Waals surface area contributed by atoms with E-state index >= 15 is 0 Å². The summed E-state index contributed by atoms with van der Waals surface area (Å²) in [7, 11) is 1.55. The van der Waals surface area contributed by atoms with Gasteiger partial charge in [0.1, 0.15) is 17.0 Å². The van der Waals surface area contributed by atoms with Crippen LogP contribution in [0.4, 0.5) is 8.78 Å². The van der Waals surface area contributed by atoms with Crippen molar-refractivity contribution in [3.63, 3.8) is 0 Å². The van der Waals surface area contributed by atoms with Crippen LogP contribution in [0.15, 0.2) is 97.2 Å². The lowest BCUT2D eigenvalue weighted by atomic mass is 9.98. The molecule has 6 nitrogen and oxygen atoms in total. The van der Waals surface area contributed by atoms with E-state index in [9.17, 15) is 13.6 Å². The lowest BCUT2D eigenvalue weighted by molar-refractivity contribution is 0.0944. The first-order valence-corrected chi connectivity index (χ1v) is 11.3. The second-order valence-corrected chi connectivity index (χ2v) is 8.12. The van der Waals surface area contributed by atoms with Crippen LogP contribution in [0.25, 0.3) is 16.9 Å². The zero-order valence-electron chi connectivity index (χ0n) is 19.3. The van der Waals surface area contributed by atoms with Gasteiger partial charge >= 0.3 is 0 Å². The molecule has 8 heteroatoms. The summed E-state index contributed by atoms with van der Waals surface area (Å²) in [5.74, 6) is 0.161. The number of nitrogens with zero attached hydrogens (tertiary/aromatic N) is 3. The number of alkyl halides is 2. The average Bonchev–Trinajstić information content (AvgIpc) is 3.36. The molecule has 0 aliphatic carbocycles. The molecular weight excluding hydrogens is 462 g/mol. The lowest BCUT2D eigenvalue weighted by Gasteiger charge is -2.19. The van der Waals surface area contributed by atoms with Crippen molar-refractivity contribution in [1.82, 2.24) is 19.9 Å². The molecule has 0 aliphatic rings. The van der Waals surface area contributed by atoms with Gasteiger partial charge in [0.2, 0.25) is 0 Å². The number of methoxy groups -OCH3 is 1. The summed E-state index contributed by atoms with van der Waals surface area (Å²) < 4.78 is 34.1. The minimum absolute atomic E-state index is 0.0518. The SMILES string of the molecule is COc1ccc(-c2cc(C(F)F)n3ncc(C(=O)NC(c4ccccc4)c4ccccc4)c3n2)cc1. The van der Waals surface area contributed by atoms with E-state index in [-0.39, 0.29) is 16.9 Å². The van der Waals surface area contributed by atoms with Gasteiger partial charge in [-0.25, -0.2) is 18.3 Å². The molecule has 5 aromatic rings. The molecule has 0 bridgehead atoms. The number of carbonyl (C=O) groups excluding carboxylic acids is 1. The molecule has 1 N–H and O–H groups in total. The minimum Gasteiger partial charge on any atom is -0.497 e. The maximum absolute atomic E-state index is 14.0. The number of ether oxygens (including phenoxy) is 1. The first-order chi connectivity index (χ1) is 17.5. The van der Waals surface area contributed by atoms with Crippen molar-refractivity contribution in [3.8, 4) is 17.0 Å². The summed E-state index contributed by atoms with van der Waals surface area (Å²) in [6.07, 6.45) is -1.54. The van der Waals surface area contributed by atoms with Crippen LogP contribution in [0.1, 0.15) is 39.6 Å². The van der Waals surface area contributed by atoms with E-state index in [0.29, 0.717) is 17.0 Å². The minimum atomic E-state index is -2.82. The van der Waals surface area contributed by atoms with Crippen LogP contribution in [0.2, 0.25) is 0 Å². The van der Waals surface area contributed by atoms with Crippen molar-refractivity contribution in [2.75, 3.05) is 7.11 Å². The summed E-state index contributed by atoms with van der Waals surface area (Å²) in [4.78, 5) is 18.0. The van der Waals surface area contributed by atoms with Gasteiger partial charge in [-0.05, 0) is 41.5 Å². The van der Waals surface area contributed by atoms with Gasteiger partial charge in [0.25, 0.3) is 12.3 Å². The number of benzene rings is 3. The van der Waals surface area contributed by atoms with Crippen molar-refractivity contribution in [1.29, 1.82) is 0 Å². The lowest BCUT2D eigenvalue weighted by Crippen LogP contribution is -2.29. The van der Waals surface area contributed by atoms with Gasteiger partial charge in [0, 0.05) is 5.56 Å². The van der Waals surface area contributed by atoms with E-state index in [1.165, 1.54) is 12.3 Å². The predicted octanol–water partition coefficient (Wildman–Crippen LogP) is 5.86. The van der Waals surface area contributed by atoms with Crippen LogP contribution in [0.5, 0.6) is 5.75 Å². The van der Waals surface area contributed by atoms with E-state index in [1.54, 1.807) is 31.4 Å². The van der Waals surface area contributed by atoms with Crippen molar-refractivity contribution in [3.05, 3.63) is 120 Å². The summed E-state index contributed by atoms with van der Waals surface area (Å²) in [6, 6.07) is 26.8. The number of aromatic nitrogens is 3. The average molecular weight is 485 g/mol. The van der Waals surface area contributed by atoms with Gasteiger partial charge in [0.15, 0.2) is 5.65 Å². The Balaban J connectivity index is 1.57. The molecule has 0 atom stereocenters. The van der Waals surface area contributed by atoms with Crippen molar-refractivity contribution in [2.45, 2.75) is 12.5 Å². The van der Waals surface area contributed by atoms with Gasteiger partial charge in [-0.1, -0.05) is 60.7 Å². The molecule has 2 aromatic heterocycles. The molecule has 0 aliphatic heterocycles. The molecule has 0 saturated heterocycles. The molecule has 0 radical (unpaired) electrons. The van der Waals surface area contributed by atoms with E-state index in [1.807, 2.05) is 60.7 Å². The van der Waals surface area contributed by atoms with E-state index < -0.39 is 18.4 Å². The highest BCUT2D eigenvalue weighted by atomic mass is 19.3. The van der Waals surface area contributed by atoms with Crippen LogP contribution in [-0.4, -0.2) is 27.6 Å². The Kier molecular flexibility index (Phi) is 6.40. The van der Waals surface area contributed by atoms with E-state index in [0.717, 1.165) is 15.6 Å². The van der Waals surface area contributed by atoms with E-state index in [2.05, 4.69) is 15.4 Å². The highest BCUT2D eigenvalue weighted by Gasteiger charge is 2.24. The fourth-order valence-corrected chi connectivity index (χ4v) is 4.07. The predicted molar refractivity (Wildman–Crippen MR) is 132 cm³/mol. The molecule has 0 fully saturated rings. The summed E-state index contributed by atoms with van der Waals surface area (Å²) in [5.41, 5.74) is 2.48. The molecule has 0 unspecified atom stereocenters. The second kappa shape index (κ2) is 9.95. The molecular formula is C28H22F2N4O2. The third-order valence-corrected chi connectivity index (χ3v) is 5.89. The Morgan fingerprint density at radius 3 is 2.08 bits per heavy atom. The van der Waals surface area contributed by atoms with Gasteiger partial charge in [-0.15, -0.1) is 0 Å². The maximum atomic E-state index is 14.0. The van der Waals surface area contributed by atoms with Crippen LogP contribution >= 0.6 is 0 Å². The number of hydrogen-bond donors (Lipinski definition) is 1. The Morgan fingerprint density at radius 2 is 1.53 bits per heavy atom. The fourth-order valence-electron chi connectivity index (χ4n) is 4.07. The number of hydrogen-bond acceptors (Lipinski definition) is 4. The van der Waals surface area contributed by atoms with Crippen LogP contribution in [-0.2, 0) is 0 Å². The molecule has 180 valence electrons. The van der Waals surface area contributed by atoms with E-state index in [4.69, 9.17) is 4.74 Å². The van der Waals surface area contributed by atoms with Gasteiger partial charge in [0.05, 0.1) is 25.0 Å². The number of carbonyl (C=O) groups is 1. The van der Waals surface area contributed by atoms with Crippen LogP contribution < -0.4 is 10.1 Å². The number of rotatable bonds is 7. The Labute approximate surface area is 206 Å². The van der Waals surface area contributed by atoms with Crippen LogP contribution in [0.3, 0.4) is 0 Å². The zero-order valence-corrected chi connectivity index (χ0v) is 19.3. The molecule has 1 amide bonds. The largest absolute Gasteiger partial charge is 0.497 e. The monoisotopic (exact) mass is 484 g/mol. The van der Waals surface area contributed by atoms with Gasteiger partial charge in [-0.3, -0.25) is 4.79 Å². The molecule has 0 spiro atoms. The van der Waals surface area contributed by atoms with Crippen molar-refractivity contribution in [2.24, 2.45) is 0 Å². The number of amides is 1. The Bertz CT molecular complexity index is 1450. The molecule has 5 rings (SSSR count). The smallest absolute Gasteiger partial charge is 0.280 e. The Morgan fingerprint density at radius 1 is 0.917 bits per heavy atom. The van der Waals surface area contributed by atoms with Gasteiger partial charge < -0.3 is 10.1 Å². The number of fused-ring (bicyclic) bond motifs is 1. The standard InChI is InChI=1S/C28H22F2N4O2/c1-36-21-14-12-18(13-15-21)23-16-24(26(29)30)34-27(32-23)22(17-31-34)28(35)33-25(19-8-4-2-5-9-19)20-10-6-3-7-11-20/h2-17,25-26H,1H3,(H,33,35). The van der Waals surface area contributed by atoms with Gasteiger partial charge in [-0.2, -0.15) is 5.10 Å². The van der Waals surface area contributed by atoms with Crippen LogP contribution in [0, 0.1) is 0 Å². The molecule has 0 saturated carbocycles. The second-order valence-electron chi connectivity index (χ2n) is 8.12. The number of nitrogens with one attached hydrogen (secondary N) is 1. The first-order valence-electron chi connectivity index (χ1n) is 11.3. The molecule has 2 heterocycles. The fraction of sp³-hybridized carbons (Fsp3) is 0.107. The first kappa shape index (κ1) is 23.2. The number of halogens is 2. The topological polar surface area (TPSA) is 68.5 Å². The Hall–Kier alpha value is -4.59. The quantitative estimate of drug-likeness (QED) is 0.314. The highest BCUT2D eigenvalue weighted by Crippen LogP contribution is 2.29. The normalized spacial score (nSPS) is 11.2. The zero-order chi connectivity index (χ0) is 25.1. The molecule has 3 aromatic carbocycles. The summed E-state index contributed by atoms with van der Waals surface area (Å²) in [5, 5.41) is 7.10. The maximum Gasteiger partial charge on any atom is 0.280 e. The summed E-state index contributed by atoms with van der Waals surface area (Å²) in [6.45, 7) is 0. The summed E-state index contributed by atoms with van der Waals surface area (Å²) >= 11 is 0. The third-order valence-electron chi connectivity index (χ3n) is 5.89. The highest BCUT2D eigenvalue weighted by molar-refractivity contribution is 6.00. The molecule has 36 heavy (non-hydrogen) atoms. The van der Waals surface area contributed by atoms with Crippen molar-refractivity contribution >= 4 is 11.6 Å².